The second-order valence-corrected chi connectivity index (χ2v) is 11.7. The lowest BCUT2D eigenvalue weighted by molar-refractivity contribution is 0.139. The molecule has 0 spiro atoms. The van der Waals surface area contributed by atoms with Gasteiger partial charge in [-0.15, -0.1) is 0 Å². The predicted molar refractivity (Wildman–Crippen MR) is 153 cm³/mol. The van der Waals surface area contributed by atoms with E-state index in [-0.39, 0.29) is 0 Å². The molecule has 0 aromatic carbocycles. The van der Waals surface area contributed by atoms with Crippen LogP contribution in [0.15, 0.2) is 0 Å². The Bertz CT molecular complexity index is 334. The first-order valence-corrected chi connectivity index (χ1v) is 15.7. The molecule has 0 N–H and O–H groups in total. The predicted octanol–water partition coefficient (Wildman–Crippen LogP) is 11.5. The van der Waals surface area contributed by atoms with Crippen molar-refractivity contribution in [3.8, 4) is 0 Å². The van der Waals surface area contributed by atoms with Gasteiger partial charge in [-0.25, -0.2) is 0 Å². The fourth-order valence-electron chi connectivity index (χ4n) is 5.27. The second kappa shape index (κ2) is 25.1. The molecule has 0 rings (SSSR count). The highest BCUT2D eigenvalue weighted by Gasteiger charge is 2.25. The van der Waals surface area contributed by atoms with Crippen molar-refractivity contribution >= 4 is 0 Å². The van der Waals surface area contributed by atoms with E-state index in [2.05, 4.69) is 39.8 Å². The van der Waals surface area contributed by atoms with Crippen LogP contribution in [-0.4, -0.2) is 24.5 Å². The standard InChI is InChI=1S/C32H67N/c1-6-8-10-12-14-16-18-20-22-24-26-28-30-32(3,33(4)5)31-29-27-25-23-21-19-17-15-13-11-9-7-2/h6-31H2,1-5H3. The minimum Gasteiger partial charge on any atom is -0.304 e. The highest BCUT2D eigenvalue weighted by atomic mass is 15.1. The molecule has 200 valence electrons. The Morgan fingerprint density at radius 3 is 0.788 bits per heavy atom. The van der Waals surface area contributed by atoms with Gasteiger partial charge in [0.2, 0.25) is 0 Å². The summed E-state index contributed by atoms with van der Waals surface area (Å²) in [5, 5.41) is 0. The minimum atomic E-state index is 0.414. The van der Waals surface area contributed by atoms with E-state index in [0.29, 0.717) is 5.54 Å². The fourth-order valence-corrected chi connectivity index (χ4v) is 5.27. The summed E-state index contributed by atoms with van der Waals surface area (Å²) in [6.07, 6.45) is 37.6. The Morgan fingerprint density at radius 2 is 0.576 bits per heavy atom. The molecular weight excluding hydrogens is 398 g/mol. The number of hydrogen-bond acceptors (Lipinski definition) is 1. The third-order valence-electron chi connectivity index (χ3n) is 8.22. The number of nitrogens with zero attached hydrogens (tertiary/aromatic N) is 1. The monoisotopic (exact) mass is 466 g/mol. The van der Waals surface area contributed by atoms with Crippen molar-refractivity contribution in [2.45, 2.75) is 193 Å². The third-order valence-corrected chi connectivity index (χ3v) is 8.22. The van der Waals surface area contributed by atoms with Crippen LogP contribution in [0.5, 0.6) is 0 Å². The van der Waals surface area contributed by atoms with Crippen LogP contribution in [-0.2, 0) is 0 Å². The van der Waals surface area contributed by atoms with Gasteiger partial charge >= 0.3 is 0 Å². The van der Waals surface area contributed by atoms with Crippen LogP contribution < -0.4 is 0 Å². The van der Waals surface area contributed by atoms with Crippen molar-refractivity contribution in [2.24, 2.45) is 0 Å². The Morgan fingerprint density at radius 1 is 0.364 bits per heavy atom. The Kier molecular flexibility index (Phi) is 25.0. The van der Waals surface area contributed by atoms with Crippen molar-refractivity contribution in [2.75, 3.05) is 14.1 Å². The topological polar surface area (TPSA) is 3.24 Å². The summed E-state index contributed by atoms with van der Waals surface area (Å²) in [4.78, 5) is 2.52. The van der Waals surface area contributed by atoms with E-state index in [1.165, 1.54) is 167 Å². The van der Waals surface area contributed by atoms with Crippen molar-refractivity contribution in [3.05, 3.63) is 0 Å². The average Bonchev–Trinajstić information content (AvgIpc) is 2.80. The van der Waals surface area contributed by atoms with Crippen molar-refractivity contribution in [3.63, 3.8) is 0 Å². The molecule has 33 heavy (non-hydrogen) atoms. The first-order chi connectivity index (χ1) is 16.1. The Hall–Kier alpha value is -0.0400. The maximum Gasteiger partial charge on any atom is 0.0175 e. The van der Waals surface area contributed by atoms with Gasteiger partial charge < -0.3 is 4.90 Å². The molecule has 0 aliphatic rings. The van der Waals surface area contributed by atoms with Crippen LogP contribution in [0.2, 0.25) is 0 Å². The second-order valence-electron chi connectivity index (χ2n) is 11.7. The van der Waals surface area contributed by atoms with Crippen LogP contribution in [0.25, 0.3) is 0 Å². The highest BCUT2D eigenvalue weighted by Crippen LogP contribution is 2.27. The fraction of sp³-hybridized carbons (Fsp3) is 1.00. The van der Waals surface area contributed by atoms with Gasteiger partial charge in [-0.2, -0.15) is 0 Å². The third kappa shape index (κ3) is 22.2. The highest BCUT2D eigenvalue weighted by molar-refractivity contribution is 4.82. The first-order valence-electron chi connectivity index (χ1n) is 15.7. The van der Waals surface area contributed by atoms with Crippen molar-refractivity contribution in [1.29, 1.82) is 0 Å². The van der Waals surface area contributed by atoms with E-state index in [1.807, 2.05) is 0 Å². The van der Waals surface area contributed by atoms with E-state index >= 15 is 0 Å². The van der Waals surface area contributed by atoms with Gasteiger partial charge in [-0.3, -0.25) is 0 Å². The molecule has 0 bridgehead atoms. The first kappa shape index (κ1) is 33.0. The van der Waals surface area contributed by atoms with Crippen LogP contribution >= 0.6 is 0 Å². The largest absolute Gasteiger partial charge is 0.304 e. The average molecular weight is 466 g/mol. The van der Waals surface area contributed by atoms with E-state index in [4.69, 9.17) is 0 Å². The summed E-state index contributed by atoms with van der Waals surface area (Å²) >= 11 is 0. The van der Waals surface area contributed by atoms with Crippen molar-refractivity contribution in [1.82, 2.24) is 4.90 Å². The van der Waals surface area contributed by atoms with Crippen LogP contribution in [0.3, 0.4) is 0 Å². The Labute approximate surface area is 212 Å². The lowest BCUT2D eigenvalue weighted by atomic mass is 9.87. The SMILES string of the molecule is CCCCCCCCCCCCCCC(C)(CCCCCCCCCCCCCC)N(C)C. The van der Waals surface area contributed by atoms with Crippen molar-refractivity contribution < 1.29 is 0 Å². The molecule has 0 radical (unpaired) electrons. The van der Waals surface area contributed by atoms with Gasteiger partial charge in [-0.05, 0) is 33.9 Å². The van der Waals surface area contributed by atoms with Gasteiger partial charge in [-0.1, -0.05) is 168 Å². The summed E-state index contributed by atoms with van der Waals surface area (Å²) in [5.41, 5.74) is 0.414. The molecule has 0 saturated heterocycles. The van der Waals surface area contributed by atoms with E-state index in [0.717, 1.165) is 0 Å². The summed E-state index contributed by atoms with van der Waals surface area (Å²) in [7, 11) is 4.61. The molecule has 0 aliphatic carbocycles. The summed E-state index contributed by atoms with van der Waals surface area (Å²) in [6.45, 7) is 7.13. The van der Waals surface area contributed by atoms with E-state index < -0.39 is 0 Å². The van der Waals surface area contributed by atoms with Gasteiger partial charge in [0.05, 0.1) is 0 Å². The zero-order valence-corrected chi connectivity index (χ0v) is 24.3. The van der Waals surface area contributed by atoms with E-state index in [1.54, 1.807) is 0 Å². The van der Waals surface area contributed by atoms with Gasteiger partial charge in [0.15, 0.2) is 0 Å². The van der Waals surface area contributed by atoms with Gasteiger partial charge in [0, 0.05) is 5.54 Å². The molecule has 0 heterocycles. The minimum absolute atomic E-state index is 0.414. The van der Waals surface area contributed by atoms with E-state index in [9.17, 15) is 0 Å². The lowest BCUT2D eigenvalue weighted by Crippen LogP contribution is -2.41. The quantitative estimate of drug-likeness (QED) is 0.109. The number of rotatable bonds is 27. The maximum absolute atomic E-state index is 2.52. The molecule has 0 fully saturated rings. The van der Waals surface area contributed by atoms with Gasteiger partial charge in [0.25, 0.3) is 0 Å². The number of hydrogen-bond donors (Lipinski definition) is 0. The normalized spacial score (nSPS) is 12.2. The molecular formula is C32H67N. The summed E-state index contributed by atoms with van der Waals surface area (Å²) in [5.74, 6) is 0. The van der Waals surface area contributed by atoms with Crippen LogP contribution in [0.1, 0.15) is 188 Å². The summed E-state index contributed by atoms with van der Waals surface area (Å²) < 4.78 is 0. The summed E-state index contributed by atoms with van der Waals surface area (Å²) in [6, 6.07) is 0. The molecule has 0 unspecified atom stereocenters. The molecule has 0 aromatic heterocycles. The molecule has 0 aromatic rings. The van der Waals surface area contributed by atoms with Crippen LogP contribution in [0.4, 0.5) is 0 Å². The molecule has 0 saturated carbocycles. The molecule has 0 atom stereocenters. The molecule has 0 aliphatic heterocycles. The number of unbranched alkanes of at least 4 members (excludes halogenated alkanes) is 22. The smallest absolute Gasteiger partial charge is 0.0175 e. The molecule has 1 heteroatoms. The lowest BCUT2D eigenvalue weighted by Gasteiger charge is -2.37. The zero-order valence-electron chi connectivity index (χ0n) is 24.3. The molecule has 1 nitrogen and oxygen atoms in total. The maximum atomic E-state index is 2.52. The van der Waals surface area contributed by atoms with Gasteiger partial charge in [0.1, 0.15) is 0 Å². The molecule has 0 amide bonds. The zero-order chi connectivity index (χ0) is 24.5. The Balaban J connectivity index is 3.58. The van der Waals surface area contributed by atoms with Crippen LogP contribution in [0, 0.1) is 0 Å².